The van der Waals surface area contributed by atoms with Crippen LogP contribution in [0.5, 0.6) is 0 Å². The fourth-order valence-corrected chi connectivity index (χ4v) is 3.02. The number of hydrogen-bond donors (Lipinski definition) is 1. The van der Waals surface area contributed by atoms with Crippen LogP contribution in [0.25, 0.3) is 0 Å². The van der Waals surface area contributed by atoms with E-state index in [0.717, 1.165) is 0 Å². The molecule has 1 aromatic carbocycles. The standard InChI is InChI=1S/C17H22N4O3/c22-15-12-21(7-6-18-15)16(23)13-19-8-10-20(11-9-19)17(24)14-4-2-1-3-5-14/h1-5H,6-13H2,(H,18,22). The van der Waals surface area contributed by atoms with Gasteiger partial charge < -0.3 is 15.1 Å². The van der Waals surface area contributed by atoms with Crippen LogP contribution in [0.4, 0.5) is 0 Å². The third kappa shape index (κ3) is 3.91. The van der Waals surface area contributed by atoms with Gasteiger partial charge in [0.15, 0.2) is 0 Å². The molecular formula is C17H22N4O3. The maximum Gasteiger partial charge on any atom is 0.253 e. The predicted octanol–water partition coefficient (Wildman–Crippen LogP) is -0.597. The fourth-order valence-electron chi connectivity index (χ4n) is 3.02. The van der Waals surface area contributed by atoms with Gasteiger partial charge in [-0.25, -0.2) is 0 Å². The van der Waals surface area contributed by atoms with Crippen molar-refractivity contribution in [2.24, 2.45) is 0 Å². The first-order valence-corrected chi connectivity index (χ1v) is 8.24. The first-order chi connectivity index (χ1) is 11.6. The Labute approximate surface area is 141 Å². The van der Waals surface area contributed by atoms with Crippen molar-refractivity contribution in [1.29, 1.82) is 0 Å². The van der Waals surface area contributed by atoms with Crippen molar-refractivity contribution >= 4 is 17.7 Å². The highest BCUT2D eigenvalue weighted by Gasteiger charge is 2.26. The molecule has 0 saturated carbocycles. The maximum absolute atomic E-state index is 12.4. The number of amides is 3. The summed E-state index contributed by atoms with van der Waals surface area (Å²) in [7, 11) is 0. The Balaban J connectivity index is 1.47. The molecule has 3 amide bonds. The van der Waals surface area contributed by atoms with E-state index >= 15 is 0 Å². The minimum Gasteiger partial charge on any atom is -0.353 e. The number of carbonyl (C=O) groups is 3. The van der Waals surface area contributed by atoms with E-state index in [2.05, 4.69) is 5.32 Å². The second-order valence-corrected chi connectivity index (χ2v) is 6.10. The van der Waals surface area contributed by atoms with Crippen LogP contribution < -0.4 is 5.32 Å². The van der Waals surface area contributed by atoms with Gasteiger partial charge in [0.2, 0.25) is 11.8 Å². The molecular weight excluding hydrogens is 308 g/mol. The summed E-state index contributed by atoms with van der Waals surface area (Å²) in [6.45, 7) is 4.10. The van der Waals surface area contributed by atoms with Crippen molar-refractivity contribution in [3.8, 4) is 0 Å². The Hall–Kier alpha value is -2.41. The highest BCUT2D eigenvalue weighted by molar-refractivity contribution is 5.94. The lowest BCUT2D eigenvalue weighted by Crippen LogP contribution is -2.55. The van der Waals surface area contributed by atoms with Crippen molar-refractivity contribution in [1.82, 2.24) is 20.0 Å². The number of nitrogens with zero attached hydrogens (tertiary/aromatic N) is 3. The SMILES string of the molecule is O=C1CN(C(=O)CN2CCN(C(=O)c3ccccc3)CC2)CCN1. The molecule has 3 rings (SSSR count). The zero-order chi connectivity index (χ0) is 16.9. The summed E-state index contributed by atoms with van der Waals surface area (Å²) in [5.74, 6) is -0.0881. The molecule has 2 saturated heterocycles. The van der Waals surface area contributed by atoms with E-state index in [1.54, 1.807) is 4.90 Å². The van der Waals surface area contributed by atoms with Gasteiger partial charge >= 0.3 is 0 Å². The molecule has 7 nitrogen and oxygen atoms in total. The Bertz CT molecular complexity index is 612. The highest BCUT2D eigenvalue weighted by atomic mass is 16.2. The molecule has 0 atom stereocenters. The monoisotopic (exact) mass is 330 g/mol. The minimum absolute atomic E-state index is 0.0207. The smallest absolute Gasteiger partial charge is 0.253 e. The van der Waals surface area contributed by atoms with E-state index in [-0.39, 0.29) is 24.3 Å². The molecule has 0 spiro atoms. The molecule has 128 valence electrons. The van der Waals surface area contributed by atoms with Crippen molar-refractivity contribution in [2.45, 2.75) is 0 Å². The lowest BCUT2D eigenvalue weighted by atomic mass is 10.2. The third-order valence-corrected chi connectivity index (χ3v) is 4.43. The predicted molar refractivity (Wildman–Crippen MR) is 88.4 cm³/mol. The molecule has 7 heteroatoms. The third-order valence-electron chi connectivity index (χ3n) is 4.43. The molecule has 1 N–H and O–H groups in total. The van der Waals surface area contributed by atoms with Crippen LogP contribution in [-0.4, -0.2) is 84.8 Å². The second-order valence-electron chi connectivity index (χ2n) is 6.10. The van der Waals surface area contributed by atoms with Gasteiger partial charge in [-0.3, -0.25) is 19.3 Å². The summed E-state index contributed by atoms with van der Waals surface area (Å²) < 4.78 is 0. The van der Waals surface area contributed by atoms with Crippen molar-refractivity contribution < 1.29 is 14.4 Å². The van der Waals surface area contributed by atoms with Gasteiger partial charge in [-0.15, -0.1) is 0 Å². The van der Waals surface area contributed by atoms with Gasteiger partial charge in [-0.1, -0.05) is 18.2 Å². The first kappa shape index (κ1) is 16.4. The van der Waals surface area contributed by atoms with Gasteiger partial charge in [-0.05, 0) is 12.1 Å². The number of nitrogens with one attached hydrogen (secondary N) is 1. The van der Waals surface area contributed by atoms with Gasteiger partial charge in [0, 0.05) is 44.8 Å². The van der Waals surface area contributed by atoms with Gasteiger partial charge in [0.1, 0.15) is 0 Å². The van der Waals surface area contributed by atoms with Crippen LogP contribution >= 0.6 is 0 Å². The van der Waals surface area contributed by atoms with Crippen LogP contribution in [0, 0.1) is 0 Å². The molecule has 2 fully saturated rings. The van der Waals surface area contributed by atoms with Gasteiger partial charge in [-0.2, -0.15) is 0 Å². The van der Waals surface area contributed by atoms with Crippen LogP contribution in [0.2, 0.25) is 0 Å². The molecule has 0 radical (unpaired) electrons. The summed E-state index contributed by atoms with van der Waals surface area (Å²) in [4.78, 5) is 41.5. The normalized spacial score (nSPS) is 19.1. The van der Waals surface area contributed by atoms with Crippen molar-refractivity contribution in [3.63, 3.8) is 0 Å². The minimum atomic E-state index is -0.104. The first-order valence-electron chi connectivity index (χ1n) is 8.24. The van der Waals surface area contributed by atoms with Crippen LogP contribution in [0.1, 0.15) is 10.4 Å². The number of piperazine rings is 2. The summed E-state index contributed by atoms with van der Waals surface area (Å²) in [5.41, 5.74) is 0.696. The van der Waals surface area contributed by atoms with Crippen molar-refractivity contribution in [2.75, 3.05) is 52.4 Å². The van der Waals surface area contributed by atoms with E-state index in [9.17, 15) is 14.4 Å². The number of benzene rings is 1. The lowest BCUT2D eigenvalue weighted by Gasteiger charge is -2.36. The molecule has 2 aliphatic rings. The largest absolute Gasteiger partial charge is 0.353 e. The van der Waals surface area contributed by atoms with E-state index in [0.29, 0.717) is 51.4 Å². The average molecular weight is 330 g/mol. The number of hydrogen-bond acceptors (Lipinski definition) is 4. The fraction of sp³-hybridized carbons (Fsp3) is 0.471. The topological polar surface area (TPSA) is 73.0 Å². The Morgan fingerprint density at radius 1 is 0.958 bits per heavy atom. The zero-order valence-corrected chi connectivity index (χ0v) is 13.6. The summed E-state index contributed by atoms with van der Waals surface area (Å²) in [5, 5.41) is 2.71. The van der Waals surface area contributed by atoms with E-state index in [1.807, 2.05) is 40.1 Å². The van der Waals surface area contributed by atoms with Crippen molar-refractivity contribution in [3.05, 3.63) is 35.9 Å². The summed E-state index contributed by atoms with van der Waals surface area (Å²) >= 11 is 0. The van der Waals surface area contributed by atoms with E-state index < -0.39 is 0 Å². The molecule has 1 aromatic rings. The second kappa shape index (κ2) is 7.44. The lowest BCUT2D eigenvalue weighted by molar-refractivity contribution is -0.139. The Kier molecular flexibility index (Phi) is 5.10. The molecule has 0 bridgehead atoms. The summed E-state index contributed by atoms with van der Waals surface area (Å²) in [6.07, 6.45) is 0. The van der Waals surface area contributed by atoms with Gasteiger partial charge in [0.05, 0.1) is 13.1 Å². The van der Waals surface area contributed by atoms with Crippen LogP contribution in [-0.2, 0) is 9.59 Å². The van der Waals surface area contributed by atoms with Crippen LogP contribution in [0.3, 0.4) is 0 Å². The highest BCUT2D eigenvalue weighted by Crippen LogP contribution is 2.09. The molecule has 2 heterocycles. The van der Waals surface area contributed by atoms with Crippen LogP contribution in [0.15, 0.2) is 30.3 Å². The molecule has 2 aliphatic heterocycles. The average Bonchev–Trinajstić information content (AvgIpc) is 2.62. The maximum atomic E-state index is 12.4. The quantitative estimate of drug-likeness (QED) is 0.803. The van der Waals surface area contributed by atoms with E-state index in [4.69, 9.17) is 0 Å². The molecule has 24 heavy (non-hydrogen) atoms. The van der Waals surface area contributed by atoms with Gasteiger partial charge in [0.25, 0.3) is 5.91 Å². The summed E-state index contributed by atoms with van der Waals surface area (Å²) in [6, 6.07) is 9.24. The van der Waals surface area contributed by atoms with E-state index in [1.165, 1.54) is 0 Å². The Morgan fingerprint density at radius 3 is 2.33 bits per heavy atom. The number of carbonyl (C=O) groups excluding carboxylic acids is 3. The molecule has 0 unspecified atom stereocenters. The Morgan fingerprint density at radius 2 is 1.67 bits per heavy atom. The number of rotatable bonds is 3. The zero-order valence-electron chi connectivity index (χ0n) is 13.6. The molecule has 0 aliphatic carbocycles. The molecule has 0 aromatic heterocycles.